The molecule has 0 N–H and O–H groups in total. The number of hydrogen-bond donors (Lipinski definition) is 0. The monoisotopic (exact) mass is 256 g/mol. The molecule has 1 fully saturated rings. The maximum absolute atomic E-state index is 11.2. The van der Waals surface area contributed by atoms with Crippen LogP contribution in [0.25, 0.3) is 10.9 Å². The molecule has 3 nitrogen and oxygen atoms in total. The highest BCUT2D eigenvalue weighted by Crippen LogP contribution is 2.23. The van der Waals surface area contributed by atoms with Crippen molar-refractivity contribution in [2.75, 3.05) is 13.6 Å². The summed E-state index contributed by atoms with van der Waals surface area (Å²) in [5, 5.41) is 1.07. The van der Waals surface area contributed by atoms with Gasteiger partial charge in [-0.25, -0.2) is 0 Å². The Morgan fingerprint density at radius 1 is 1.32 bits per heavy atom. The lowest BCUT2D eigenvalue weighted by atomic mass is 10.0. The number of hydrogen-bond acceptors (Lipinski definition) is 2. The minimum absolute atomic E-state index is 0.587. The van der Waals surface area contributed by atoms with Crippen LogP contribution in [0, 0.1) is 0 Å². The molecule has 1 aromatic carbocycles. The van der Waals surface area contributed by atoms with E-state index in [1.54, 1.807) is 0 Å². The largest absolute Gasteiger partial charge is 0.345 e. The zero-order chi connectivity index (χ0) is 13.2. The lowest BCUT2D eigenvalue weighted by Gasteiger charge is -2.32. The average molecular weight is 256 g/mol. The van der Waals surface area contributed by atoms with Gasteiger partial charge >= 0.3 is 0 Å². The van der Waals surface area contributed by atoms with Gasteiger partial charge in [-0.3, -0.25) is 4.79 Å². The number of carbonyl (C=O) groups excluding carboxylic acids is 1. The predicted octanol–water partition coefficient (Wildman–Crippen LogP) is 2.94. The fourth-order valence-electron chi connectivity index (χ4n) is 3.12. The summed E-state index contributed by atoms with van der Waals surface area (Å²) in [4.78, 5) is 13.6. The van der Waals surface area contributed by atoms with Gasteiger partial charge in [-0.2, -0.15) is 0 Å². The van der Waals surface area contributed by atoms with Crippen LogP contribution in [0.3, 0.4) is 0 Å². The van der Waals surface area contributed by atoms with Crippen LogP contribution in [0.2, 0.25) is 0 Å². The molecule has 1 saturated heterocycles. The topological polar surface area (TPSA) is 25.2 Å². The summed E-state index contributed by atoms with van der Waals surface area (Å²) in [7, 11) is 2.20. The van der Waals surface area contributed by atoms with Crippen LogP contribution in [0.4, 0.5) is 0 Å². The number of rotatable bonds is 3. The molecule has 1 unspecified atom stereocenters. The van der Waals surface area contributed by atoms with Gasteiger partial charge in [0, 0.05) is 35.2 Å². The molecule has 3 heteroatoms. The van der Waals surface area contributed by atoms with Crippen LogP contribution >= 0.6 is 0 Å². The summed E-state index contributed by atoms with van der Waals surface area (Å²) >= 11 is 0. The smallest absolute Gasteiger partial charge is 0.152 e. The third kappa shape index (κ3) is 2.30. The highest BCUT2D eigenvalue weighted by atomic mass is 16.1. The Kier molecular flexibility index (Phi) is 3.38. The summed E-state index contributed by atoms with van der Waals surface area (Å²) in [5.41, 5.74) is 1.97. The molecule has 1 aliphatic rings. The van der Waals surface area contributed by atoms with Gasteiger partial charge in [0.2, 0.25) is 0 Å². The van der Waals surface area contributed by atoms with Crippen molar-refractivity contribution in [1.29, 1.82) is 0 Å². The number of para-hydroxylation sites is 1. The van der Waals surface area contributed by atoms with Gasteiger partial charge in [-0.05, 0) is 32.5 Å². The lowest BCUT2D eigenvalue weighted by Crippen LogP contribution is -2.39. The first-order valence-corrected chi connectivity index (χ1v) is 7.03. The van der Waals surface area contributed by atoms with Crippen LogP contribution in [0.1, 0.15) is 29.6 Å². The third-order valence-electron chi connectivity index (χ3n) is 4.28. The maximum atomic E-state index is 11.2. The molecule has 0 spiro atoms. The number of benzene rings is 1. The fraction of sp³-hybridized carbons (Fsp3) is 0.438. The molecular weight excluding hydrogens is 236 g/mol. The van der Waals surface area contributed by atoms with Crippen LogP contribution in [-0.2, 0) is 6.54 Å². The lowest BCUT2D eigenvalue weighted by molar-refractivity contribution is 0.112. The SMILES string of the molecule is CN1CCCCC1Cn1cc(C=O)c2ccccc21. The number of likely N-dealkylation sites (tertiary alicyclic amines) is 1. The average Bonchev–Trinajstić information content (AvgIpc) is 2.80. The number of nitrogens with zero attached hydrogens (tertiary/aromatic N) is 2. The van der Waals surface area contributed by atoms with E-state index in [9.17, 15) is 4.79 Å². The van der Waals surface area contributed by atoms with Crippen molar-refractivity contribution in [3.8, 4) is 0 Å². The molecule has 100 valence electrons. The van der Waals surface area contributed by atoms with E-state index in [0.29, 0.717) is 6.04 Å². The standard InChI is InChI=1S/C16H20N2O/c1-17-9-5-4-6-14(17)11-18-10-13(12-19)15-7-2-3-8-16(15)18/h2-3,7-8,10,12,14H,4-6,9,11H2,1H3. The van der Waals surface area contributed by atoms with E-state index in [4.69, 9.17) is 0 Å². The van der Waals surface area contributed by atoms with Crippen molar-refractivity contribution < 1.29 is 4.79 Å². The zero-order valence-electron chi connectivity index (χ0n) is 11.4. The van der Waals surface area contributed by atoms with Gasteiger partial charge in [-0.1, -0.05) is 24.6 Å². The van der Waals surface area contributed by atoms with Crippen molar-refractivity contribution in [2.24, 2.45) is 0 Å². The Bertz CT molecular complexity index is 587. The first-order valence-electron chi connectivity index (χ1n) is 7.03. The molecule has 0 amide bonds. The maximum Gasteiger partial charge on any atom is 0.152 e. The molecule has 2 aromatic rings. The molecule has 0 saturated carbocycles. The number of likely N-dealkylation sites (N-methyl/N-ethyl adjacent to an activating group) is 1. The van der Waals surface area contributed by atoms with E-state index in [0.717, 1.165) is 23.8 Å². The van der Waals surface area contributed by atoms with Gasteiger partial charge in [-0.15, -0.1) is 0 Å². The van der Waals surface area contributed by atoms with E-state index in [-0.39, 0.29) is 0 Å². The summed E-state index contributed by atoms with van der Waals surface area (Å²) in [6.45, 7) is 2.16. The van der Waals surface area contributed by atoms with Gasteiger partial charge in [0.1, 0.15) is 0 Å². The zero-order valence-corrected chi connectivity index (χ0v) is 11.4. The summed E-state index contributed by atoms with van der Waals surface area (Å²) in [6.07, 6.45) is 6.83. The molecule has 0 bridgehead atoms. The van der Waals surface area contributed by atoms with E-state index >= 15 is 0 Å². The van der Waals surface area contributed by atoms with Crippen molar-refractivity contribution in [3.05, 3.63) is 36.0 Å². The highest BCUT2D eigenvalue weighted by Gasteiger charge is 2.20. The van der Waals surface area contributed by atoms with Gasteiger partial charge < -0.3 is 9.47 Å². The normalized spacial score (nSPS) is 20.8. The van der Waals surface area contributed by atoms with Crippen molar-refractivity contribution in [2.45, 2.75) is 31.8 Å². The second-order valence-electron chi connectivity index (χ2n) is 5.50. The fourth-order valence-corrected chi connectivity index (χ4v) is 3.12. The highest BCUT2D eigenvalue weighted by molar-refractivity contribution is 5.97. The minimum Gasteiger partial charge on any atom is -0.345 e. The molecule has 1 aliphatic heterocycles. The number of aldehydes is 1. The Hall–Kier alpha value is -1.61. The van der Waals surface area contributed by atoms with Crippen LogP contribution in [0.5, 0.6) is 0 Å². The number of fused-ring (bicyclic) bond motifs is 1. The van der Waals surface area contributed by atoms with Crippen molar-refractivity contribution in [1.82, 2.24) is 9.47 Å². The van der Waals surface area contributed by atoms with Crippen molar-refractivity contribution in [3.63, 3.8) is 0 Å². The Balaban J connectivity index is 1.94. The third-order valence-corrected chi connectivity index (χ3v) is 4.28. The molecule has 3 rings (SSSR count). The Morgan fingerprint density at radius 2 is 2.16 bits per heavy atom. The first kappa shape index (κ1) is 12.4. The number of carbonyl (C=O) groups is 1. The van der Waals surface area contributed by atoms with E-state index < -0.39 is 0 Å². The summed E-state index contributed by atoms with van der Waals surface area (Å²) in [5.74, 6) is 0. The first-order chi connectivity index (χ1) is 9.29. The minimum atomic E-state index is 0.587. The second-order valence-corrected chi connectivity index (χ2v) is 5.50. The van der Waals surface area contributed by atoms with Crippen LogP contribution < -0.4 is 0 Å². The van der Waals surface area contributed by atoms with Crippen LogP contribution in [0.15, 0.2) is 30.5 Å². The van der Waals surface area contributed by atoms with Gasteiger partial charge in [0.25, 0.3) is 0 Å². The molecule has 0 radical (unpaired) electrons. The Morgan fingerprint density at radius 3 is 2.95 bits per heavy atom. The quantitative estimate of drug-likeness (QED) is 0.789. The summed E-state index contributed by atoms with van der Waals surface area (Å²) < 4.78 is 2.24. The van der Waals surface area contributed by atoms with Gasteiger partial charge in [0.15, 0.2) is 6.29 Å². The van der Waals surface area contributed by atoms with E-state index in [1.165, 1.54) is 31.3 Å². The molecule has 1 atom stereocenters. The Labute approximate surface area is 113 Å². The molecule has 19 heavy (non-hydrogen) atoms. The second kappa shape index (κ2) is 5.17. The molecular formula is C16H20N2O. The predicted molar refractivity (Wildman–Crippen MR) is 77.6 cm³/mol. The van der Waals surface area contributed by atoms with E-state index in [1.807, 2.05) is 24.4 Å². The molecule has 1 aromatic heterocycles. The van der Waals surface area contributed by atoms with Gasteiger partial charge in [0.05, 0.1) is 0 Å². The summed E-state index contributed by atoms with van der Waals surface area (Å²) in [6, 6.07) is 8.75. The van der Waals surface area contributed by atoms with Crippen molar-refractivity contribution >= 4 is 17.2 Å². The molecule has 0 aliphatic carbocycles. The number of piperidine rings is 1. The molecule has 2 heterocycles. The van der Waals surface area contributed by atoms with Crippen LogP contribution in [-0.4, -0.2) is 35.4 Å². The van der Waals surface area contributed by atoms with E-state index in [2.05, 4.69) is 22.6 Å². The number of aromatic nitrogens is 1.